The average Bonchev–Trinajstić information content (AvgIpc) is 3.36. The molecule has 1 unspecified atom stereocenters. The SMILES string of the molecule is CC1C[C@@H]1OC(C)(C)c1cccc(Cn2cc(NC(=O)c3n[nH]c4cc(-c5cn[nH]c5)ccc34)cn2)c1. The summed E-state index contributed by atoms with van der Waals surface area (Å²) >= 11 is 0. The Labute approximate surface area is 214 Å². The highest BCUT2D eigenvalue weighted by molar-refractivity contribution is 6.11. The molecule has 6 rings (SSSR count). The van der Waals surface area contributed by atoms with Crippen molar-refractivity contribution in [2.75, 3.05) is 5.32 Å². The van der Waals surface area contributed by atoms with Crippen LogP contribution in [0.5, 0.6) is 0 Å². The lowest BCUT2D eigenvalue weighted by Crippen LogP contribution is -2.23. The Hall–Kier alpha value is -4.24. The fraction of sp³-hybridized carbons (Fsp3) is 0.286. The van der Waals surface area contributed by atoms with Crippen molar-refractivity contribution in [3.05, 3.63) is 84.1 Å². The maximum absolute atomic E-state index is 13.0. The van der Waals surface area contributed by atoms with Crippen LogP contribution in [0.25, 0.3) is 22.0 Å². The first kappa shape index (κ1) is 23.2. The van der Waals surface area contributed by atoms with E-state index >= 15 is 0 Å². The number of carbonyl (C=O) groups excluding carboxylic acids is 1. The van der Waals surface area contributed by atoms with Crippen molar-refractivity contribution in [2.45, 2.75) is 45.4 Å². The van der Waals surface area contributed by atoms with Crippen LogP contribution in [0, 0.1) is 5.92 Å². The number of benzene rings is 2. The maximum atomic E-state index is 13.0. The Morgan fingerprint density at radius 2 is 2.05 bits per heavy atom. The van der Waals surface area contributed by atoms with Gasteiger partial charge in [0.25, 0.3) is 5.91 Å². The number of nitrogens with one attached hydrogen (secondary N) is 3. The van der Waals surface area contributed by atoms with Crippen LogP contribution in [0.3, 0.4) is 0 Å². The average molecular weight is 496 g/mol. The predicted octanol–water partition coefficient (Wildman–Crippen LogP) is 5.11. The van der Waals surface area contributed by atoms with Crippen molar-refractivity contribution in [3.8, 4) is 11.1 Å². The van der Waals surface area contributed by atoms with Crippen LogP contribution in [-0.2, 0) is 16.9 Å². The summed E-state index contributed by atoms with van der Waals surface area (Å²) in [6.07, 6.45) is 8.52. The van der Waals surface area contributed by atoms with Gasteiger partial charge in [0.2, 0.25) is 0 Å². The minimum Gasteiger partial charge on any atom is -0.367 e. The summed E-state index contributed by atoms with van der Waals surface area (Å²) in [7, 11) is 0. The van der Waals surface area contributed by atoms with Gasteiger partial charge in [-0.3, -0.25) is 19.7 Å². The number of aromatic nitrogens is 6. The number of fused-ring (bicyclic) bond motifs is 1. The number of rotatable bonds is 8. The second-order valence-electron chi connectivity index (χ2n) is 10.3. The number of aromatic amines is 2. The number of carbonyl (C=O) groups is 1. The van der Waals surface area contributed by atoms with Gasteiger partial charge in [-0.2, -0.15) is 15.3 Å². The Morgan fingerprint density at radius 3 is 2.84 bits per heavy atom. The summed E-state index contributed by atoms with van der Waals surface area (Å²) in [5.41, 5.74) is 5.59. The zero-order valence-corrected chi connectivity index (χ0v) is 21.0. The summed E-state index contributed by atoms with van der Waals surface area (Å²) in [4.78, 5) is 13.0. The van der Waals surface area contributed by atoms with Gasteiger partial charge in [0, 0.05) is 23.3 Å². The molecule has 9 heteroatoms. The van der Waals surface area contributed by atoms with E-state index in [1.165, 1.54) is 0 Å². The topological polar surface area (TPSA) is 114 Å². The van der Waals surface area contributed by atoms with Gasteiger partial charge in [-0.25, -0.2) is 0 Å². The number of nitrogens with zero attached hydrogens (tertiary/aromatic N) is 4. The summed E-state index contributed by atoms with van der Waals surface area (Å²) in [6.45, 7) is 7.05. The molecular formula is C28H29N7O2. The standard InChI is InChI=1S/C28H29N7O2/c1-17-9-25(17)37-28(2,3)21-6-4-5-18(10-21)15-35-16-22(14-31-35)32-27(36)26-23-8-7-19(11-24(23)33-34-26)20-12-29-30-13-20/h4-8,10-14,16-17,25H,9,15H2,1-3H3,(H,29,30)(H,32,36)(H,33,34)/t17?,25-/m0/s1. The largest absolute Gasteiger partial charge is 0.367 e. The van der Waals surface area contributed by atoms with Gasteiger partial charge in [-0.05, 0) is 55.0 Å². The Balaban J connectivity index is 1.13. The fourth-order valence-electron chi connectivity index (χ4n) is 4.62. The molecule has 1 fully saturated rings. The van der Waals surface area contributed by atoms with E-state index in [0.29, 0.717) is 29.9 Å². The van der Waals surface area contributed by atoms with E-state index in [1.807, 2.05) is 35.3 Å². The molecule has 3 N–H and O–H groups in total. The molecular weight excluding hydrogens is 466 g/mol. The molecule has 1 amide bonds. The van der Waals surface area contributed by atoms with Crippen molar-refractivity contribution in [2.24, 2.45) is 5.92 Å². The third kappa shape index (κ3) is 4.77. The van der Waals surface area contributed by atoms with Crippen LogP contribution in [0.2, 0.25) is 0 Å². The van der Waals surface area contributed by atoms with Crippen molar-refractivity contribution in [1.82, 2.24) is 30.2 Å². The molecule has 0 saturated heterocycles. The zero-order chi connectivity index (χ0) is 25.6. The Morgan fingerprint density at radius 1 is 1.19 bits per heavy atom. The molecule has 188 valence electrons. The molecule has 1 saturated carbocycles. The maximum Gasteiger partial charge on any atom is 0.276 e. The highest BCUT2D eigenvalue weighted by Gasteiger charge is 2.39. The number of hydrogen-bond acceptors (Lipinski definition) is 5. The van der Waals surface area contributed by atoms with Crippen LogP contribution < -0.4 is 5.32 Å². The number of amides is 1. The first-order chi connectivity index (χ1) is 17.9. The molecule has 3 heterocycles. The number of H-pyrrole nitrogens is 2. The molecule has 0 spiro atoms. The van der Waals surface area contributed by atoms with E-state index in [-0.39, 0.29) is 11.5 Å². The lowest BCUT2D eigenvalue weighted by Gasteiger charge is -2.27. The molecule has 5 aromatic rings. The van der Waals surface area contributed by atoms with Crippen molar-refractivity contribution >= 4 is 22.5 Å². The smallest absolute Gasteiger partial charge is 0.276 e. The molecule has 9 nitrogen and oxygen atoms in total. The summed E-state index contributed by atoms with van der Waals surface area (Å²) < 4.78 is 8.12. The van der Waals surface area contributed by atoms with E-state index in [2.05, 4.69) is 75.8 Å². The number of anilines is 1. The van der Waals surface area contributed by atoms with Gasteiger partial charge in [-0.15, -0.1) is 0 Å². The van der Waals surface area contributed by atoms with Crippen molar-refractivity contribution in [1.29, 1.82) is 0 Å². The third-order valence-corrected chi connectivity index (χ3v) is 6.95. The predicted molar refractivity (Wildman–Crippen MR) is 141 cm³/mol. The second kappa shape index (κ2) is 9.01. The van der Waals surface area contributed by atoms with E-state index < -0.39 is 0 Å². The normalized spacial score (nSPS) is 17.3. The van der Waals surface area contributed by atoms with Crippen molar-refractivity contribution in [3.63, 3.8) is 0 Å². The van der Waals surface area contributed by atoms with E-state index in [1.54, 1.807) is 12.4 Å². The highest BCUT2D eigenvalue weighted by Crippen LogP contribution is 2.39. The van der Waals surface area contributed by atoms with Crippen LogP contribution in [0.1, 0.15) is 48.8 Å². The van der Waals surface area contributed by atoms with E-state index in [4.69, 9.17) is 4.74 Å². The van der Waals surface area contributed by atoms with Gasteiger partial charge in [0.15, 0.2) is 5.69 Å². The molecule has 2 aromatic carbocycles. The summed E-state index contributed by atoms with van der Waals surface area (Å²) in [5.74, 6) is 0.344. The number of ether oxygens (including phenoxy) is 1. The van der Waals surface area contributed by atoms with Gasteiger partial charge < -0.3 is 10.1 Å². The minimum atomic E-state index is -0.347. The lowest BCUT2D eigenvalue weighted by atomic mass is 9.96. The summed E-state index contributed by atoms with van der Waals surface area (Å²) in [6, 6.07) is 14.2. The molecule has 0 aliphatic heterocycles. The van der Waals surface area contributed by atoms with Gasteiger partial charge in [0.1, 0.15) is 0 Å². The summed E-state index contributed by atoms with van der Waals surface area (Å²) in [5, 5.41) is 22.1. The van der Waals surface area contributed by atoms with Gasteiger partial charge >= 0.3 is 0 Å². The minimum absolute atomic E-state index is 0.294. The fourth-order valence-corrected chi connectivity index (χ4v) is 4.62. The third-order valence-electron chi connectivity index (χ3n) is 6.95. The van der Waals surface area contributed by atoms with Crippen LogP contribution >= 0.6 is 0 Å². The molecule has 1 aliphatic rings. The first-order valence-electron chi connectivity index (χ1n) is 12.4. The molecule has 3 aromatic heterocycles. The van der Waals surface area contributed by atoms with Gasteiger partial charge in [-0.1, -0.05) is 37.3 Å². The molecule has 0 bridgehead atoms. The first-order valence-corrected chi connectivity index (χ1v) is 12.4. The van der Waals surface area contributed by atoms with Crippen LogP contribution in [0.4, 0.5) is 5.69 Å². The Bertz CT molecular complexity index is 1560. The zero-order valence-electron chi connectivity index (χ0n) is 21.0. The van der Waals surface area contributed by atoms with E-state index in [9.17, 15) is 4.79 Å². The van der Waals surface area contributed by atoms with Crippen LogP contribution in [0.15, 0.2) is 67.3 Å². The molecule has 0 radical (unpaired) electrons. The molecule has 37 heavy (non-hydrogen) atoms. The van der Waals surface area contributed by atoms with Crippen molar-refractivity contribution < 1.29 is 9.53 Å². The molecule has 1 aliphatic carbocycles. The quantitative estimate of drug-likeness (QED) is 0.277. The highest BCUT2D eigenvalue weighted by atomic mass is 16.5. The van der Waals surface area contributed by atoms with E-state index in [0.717, 1.165) is 39.6 Å². The Kier molecular flexibility index (Phi) is 5.64. The monoisotopic (exact) mass is 495 g/mol. The molecule has 2 atom stereocenters. The van der Waals surface area contributed by atoms with Gasteiger partial charge in [0.05, 0.1) is 41.8 Å². The second-order valence-corrected chi connectivity index (χ2v) is 10.3. The lowest BCUT2D eigenvalue weighted by molar-refractivity contribution is -0.0391. The van der Waals surface area contributed by atoms with Crippen LogP contribution in [-0.4, -0.2) is 42.2 Å². The number of hydrogen-bond donors (Lipinski definition) is 3.